The summed E-state index contributed by atoms with van der Waals surface area (Å²) >= 11 is 3.38. The zero-order valence-corrected chi connectivity index (χ0v) is 13.2. The van der Waals surface area contributed by atoms with Crippen molar-refractivity contribution in [1.29, 1.82) is 0 Å². The van der Waals surface area contributed by atoms with Crippen molar-refractivity contribution >= 4 is 28.6 Å². The number of aryl methyl sites for hydroxylation is 2. The predicted octanol–water partition coefficient (Wildman–Crippen LogP) is 3.64. The maximum atomic E-state index is 12.4. The molecule has 1 aliphatic carbocycles. The average Bonchev–Trinajstić information content (AvgIpc) is 2.97. The highest BCUT2D eigenvalue weighted by Gasteiger charge is 2.32. The molecular weight excluding hydrogens is 288 g/mol. The molecule has 0 aliphatic heterocycles. The fraction of sp³-hybridized carbons (Fsp3) is 0.467. The van der Waals surface area contributed by atoms with Crippen molar-refractivity contribution in [3.8, 4) is 0 Å². The molecule has 1 aliphatic rings. The molecule has 0 spiro atoms. The molecule has 2 aromatic heterocycles. The highest BCUT2D eigenvalue weighted by Crippen LogP contribution is 2.29. The van der Waals surface area contributed by atoms with Crippen LogP contribution < -0.4 is 0 Å². The topological polar surface area (TPSA) is 33.2 Å². The number of carbonyl (C=O) groups excluding carboxylic acids is 1. The van der Waals surface area contributed by atoms with Gasteiger partial charge in [-0.25, -0.2) is 4.98 Å². The number of thiophene rings is 1. The first-order chi connectivity index (χ1) is 9.72. The molecule has 1 amide bonds. The summed E-state index contributed by atoms with van der Waals surface area (Å²) in [6.07, 6.45) is 3.76. The molecule has 3 nitrogen and oxygen atoms in total. The Labute approximate surface area is 127 Å². The Bertz CT molecular complexity index is 572. The van der Waals surface area contributed by atoms with E-state index in [0.717, 1.165) is 30.0 Å². The van der Waals surface area contributed by atoms with Gasteiger partial charge in [0, 0.05) is 22.7 Å². The zero-order valence-electron chi connectivity index (χ0n) is 11.5. The van der Waals surface area contributed by atoms with Crippen LogP contribution in [0.2, 0.25) is 0 Å². The lowest BCUT2D eigenvalue weighted by Gasteiger charge is -2.21. The molecule has 106 valence electrons. The number of aromatic nitrogens is 1. The van der Waals surface area contributed by atoms with Gasteiger partial charge >= 0.3 is 0 Å². The highest BCUT2D eigenvalue weighted by molar-refractivity contribution is 7.10. The van der Waals surface area contributed by atoms with Crippen LogP contribution >= 0.6 is 22.7 Å². The minimum absolute atomic E-state index is 0.270. The normalized spacial score (nSPS) is 14.4. The second-order valence-electron chi connectivity index (χ2n) is 5.19. The first kappa shape index (κ1) is 13.8. The van der Waals surface area contributed by atoms with E-state index in [0.29, 0.717) is 19.0 Å². The molecule has 0 atom stereocenters. The monoisotopic (exact) mass is 306 g/mol. The molecule has 0 unspecified atom stereocenters. The van der Waals surface area contributed by atoms with Gasteiger partial charge in [0.1, 0.15) is 0 Å². The minimum Gasteiger partial charge on any atom is -0.334 e. The molecule has 3 rings (SSSR count). The van der Waals surface area contributed by atoms with Crippen molar-refractivity contribution in [3.63, 3.8) is 0 Å². The standard InChI is InChI=1S/C15H18N2OS2/c1-11-16-12(10-20-11)9-17(13-4-5-13)15(18)7-6-14-3-2-8-19-14/h2-3,8,10,13H,4-7,9H2,1H3. The number of rotatable bonds is 6. The van der Waals surface area contributed by atoms with E-state index >= 15 is 0 Å². The summed E-state index contributed by atoms with van der Waals surface area (Å²) in [6, 6.07) is 4.59. The zero-order chi connectivity index (χ0) is 13.9. The average molecular weight is 306 g/mol. The largest absolute Gasteiger partial charge is 0.334 e. The van der Waals surface area contributed by atoms with Crippen LogP contribution in [0.4, 0.5) is 0 Å². The molecular formula is C15H18N2OS2. The Balaban J connectivity index is 1.59. The summed E-state index contributed by atoms with van der Waals surface area (Å²) in [7, 11) is 0. The first-order valence-electron chi connectivity index (χ1n) is 6.95. The minimum atomic E-state index is 0.270. The highest BCUT2D eigenvalue weighted by atomic mass is 32.1. The smallest absolute Gasteiger partial charge is 0.223 e. The van der Waals surface area contributed by atoms with Gasteiger partial charge in [-0.05, 0) is 37.6 Å². The van der Waals surface area contributed by atoms with E-state index in [-0.39, 0.29) is 5.91 Å². The Hall–Kier alpha value is -1.20. The van der Waals surface area contributed by atoms with Crippen LogP contribution in [0.3, 0.4) is 0 Å². The fourth-order valence-corrected chi connectivity index (χ4v) is 3.60. The maximum absolute atomic E-state index is 12.4. The second kappa shape index (κ2) is 6.06. The van der Waals surface area contributed by atoms with E-state index in [4.69, 9.17) is 0 Å². The van der Waals surface area contributed by atoms with E-state index < -0.39 is 0 Å². The van der Waals surface area contributed by atoms with Crippen molar-refractivity contribution in [2.24, 2.45) is 0 Å². The summed E-state index contributed by atoms with van der Waals surface area (Å²) in [6.45, 7) is 2.69. The molecule has 0 radical (unpaired) electrons. The van der Waals surface area contributed by atoms with Crippen LogP contribution in [-0.4, -0.2) is 21.8 Å². The number of hydrogen-bond acceptors (Lipinski definition) is 4. The van der Waals surface area contributed by atoms with Gasteiger partial charge in [0.2, 0.25) is 5.91 Å². The van der Waals surface area contributed by atoms with Gasteiger partial charge in [0.25, 0.3) is 0 Å². The lowest BCUT2D eigenvalue weighted by Crippen LogP contribution is -2.32. The number of amides is 1. The predicted molar refractivity (Wildman–Crippen MR) is 83.1 cm³/mol. The SMILES string of the molecule is Cc1nc(CN(C(=O)CCc2cccs2)C2CC2)cs1. The van der Waals surface area contributed by atoms with Gasteiger partial charge < -0.3 is 4.90 Å². The van der Waals surface area contributed by atoms with Crippen LogP contribution in [-0.2, 0) is 17.8 Å². The van der Waals surface area contributed by atoms with Crippen LogP contribution in [0, 0.1) is 6.92 Å². The van der Waals surface area contributed by atoms with Crippen molar-refractivity contribution in [3.05, 3.63) is 38.5 Å². The molecule has 0 bridgehead atoms. The summed E-state index contributed by atoms with van der Waals surface area (Å²) in [5.41, 5.74) is 1.03. The molecule has 2 heterocycles. The van der Waals surface area contributed by atoms with E-state index in [9.17, 15) is 4.79 Å². The molecule has 1 saturated carbocycles. The van der Waals surface area contributed by atoms with Crippen molar-refractivity contribution < 1.29 is 4.79 Å². The lowest BCUT2D eigenvalue weighted by molar-refractivity contribution is -0.132. The summed E-state index contributed by atoms with van der Waals surface area (Å²) in [4.78, 5) is 20.2. The molecule has 2 aromatic rings. The molecule has 1 fully saturated rings. The molecule has 0 N–H and O–H groups in total. The van der Waals surface area contributed by atoms with Crippen LogP contribution in [0.15, 0.2) is 22.9 Å². The van der Waals surface area contributed by atoms with Gasteiger partial charge in [-0.1, -0.05) is 6.07 Å². The summed E-state index contributed by atoms with van der Waals surface area (Å²) < 4.78 is 0. The Morgan fingerprint density at radius 3 is 2.90 bits per heavy atom. The number of nitrogens with zero attached hydrogens (tertiary/aromatic N) is 2. The van der Waals surface area contributed by atoms with Gasteiger partial charge in [0.15, 0.2) is 0 Å². The van der Waals surface area contributed by atoms with E-state index in [1.165, 1.54) is 4.88 Å². The Kier molecular flexibility index (Phi) is 4.17. The van der Waals surface area contributed by atoms with Gasteiger partial charge in [-0.15, -0.1) is 22.7 Å². The van der Waals surface area contributed by atoms with Crippen LogP contribution in [0.1, 0.15) is 34.8 Å². The van der Waals surface area contributed by atoms with Crippen molar-refractivity contribution in [2.75, 3.05) is 0 Å². The summed E-state index contributed by atoms with van der Waals surface area (Å²) in [5, 5.41) is 5.20. The fourth-order valence-electron chi connectivity index (χ4n) is 2.29. The third-order valence-corrected chi connectivity index (χ3v) is 5.23. The van der Waals surface area contributed by atoms with E-state index in [2.05, 4.69) is 21.8 Å². The molecule has 5 heteroatoms. The molecule has 0 aromatic carbocycles. The number of hydrogen-bond donors (Lipinski definition) is 0. The molecule has 0 saturated heterocycles. The van der Waals surface area contributed by atoms with E-state index in [1.54, 1.807) is 22.7 Å². The number of carbonyl (C=O) groups is 1. The third kappa shape index (κ3) is 3.46. The molecule has 20 heavy (non-hydrogen) atoms. The first-order valence-corrected chi connectivity index (χ1v) is 8.71. The number of thiazole rings is 1. The Morgan fingerprint density at radius 2 is 2.30 bits per heavy atom. The maximum Gasteiger partial charge on any atom is 0.223 e. The van der Waals surface area contributed by atoms with Gasteiger partial charge in [0.05, 0.1) is 17.2 Å². The van der Waals surface area contributed by atoms with Gasteiger partial charge in [-0.2, -0.15) is 0 Å². The van der Waals surface area contributed by atoms with Gasteiger partial charge in [-0.3, -0.25) is 4.79 Å². The van der Waals surface area contributed by atoms with Crippen LogP contribution in [0.5, 0.6) is 0 Å². The summed E-state index contributed by atoms with van der Waals surface area (Å²) in [5.74, 6) is 0.270. The van der Waals surface area contributed by atoms with Crippen LogP contribution in [0.25, 0.3) is 0 Å². The quantitative estimate of drug-likeness (QED) is 0.816. The Morgan fingerprint density at radius 1 is 1.45 bits per heavy atom. The van der Waals surface area contributed by atoms with E-state index in [1.807, 2.05) is 17.9 Å². The second-order valence-corrected chi connectivity index (χ2v) is 7.28. The third-order valence-electron chi connectivity index (χ3n) is 3.47. The lowest BCUT2D eigenvalue weighted by atomic mass is 10.2. The van der Waals surface area contributed by atoms with Crippen molar-refractivity contribution in [2.45, 2.75) is 45.2 Å². The van der Waals surface area contributed by atoms with Crippen molar-refractivity contribution in [1.82, 2.24) is 9.88 Å².